The Labute approximate surface area is 305 Å². The quantitative estimate of drug-likeness (QED) is 0.0776. The zero-order valence-electron chi connectivity index (χ0n) is 31.6. The van der Waals surface area contributed by atoms with Gasteiger partial charge in [0, 0.05) is 52.6 Å². The van der Waals surface area contributed by atoms with Gasteiger partial charge in [0.1, 0.15) is 0 Å². The van der Waals surface area contributed by atoms with Gasteiger partial charge in [-0.1, -0.05) is 27.7 Å². The number of nitriles is 1. The molecule has 0 heterocycles. The van der Waals surface area contributed by atoms with Crippen LogP contribution < -0.4 is 0 Å². The maximum absolute atomic E-state index is 11.5. The molecule has 2 N–H and O–H groups in total. The van der Waals surface area contributed by atoms with Crippen molar-refractivity contribution in [2.45, 2.75) is 158 Å². The van der Waals surface area contributed by atoms with E-state index in [1.54, 1.807) is 19.9 Å². The maximum atomic E-state index is 11.5. The molecule has 0 saturated heterocycles. The summed E-state index contributed by atoms with van der Waals surface area (Å²) in [5.41, 5.74) is 0. The number of hydrogen-bond acceptors (Lipinski definition) is 14. The molecule has 16 nitrogen and oxygen atoms in total. The van der Waals surface area contributed by atoms with Crippen molar-refractivity contribution in [2.24, 2.45) is 0 Å². The van der Waals surface area contributed by atoms with Gasteiger partial charge in [-0.15, -0.1) is 0 Å². The summed E-state index contributed by atoms with van der Waals surface area (Å²) in [4.78, 5) is 76.5. The molecule has 50 heavy (non-hydrogen) atoms. The largest absolute Gasteiger partial charge is 0.481 e. The van der Waals surface area contributed by atoms with Crippen molar-refractivity contribution in [1.29, 1.82) is 5.26 Å². The lowest BCUT2D eigenvalue weighted by Crippen LogP contribution is -2.36. The number of hydrogen-bond donors (Lipinski definition) is 2. The predicted octanol–water partition coefficient (Wildman–Crippen LogP) is 5.72. The molecule has 292 valence electrons. The second kappa shape index (κ2) is 36.5. The van der Waals surface area contributed by atoms with E-state index in [1.165, 1.54) is 27.7 Å². The fourth-order valence-electron chi connectivity index (χ4n) is 3.17. The van der Waals surface area contributed by atoms with E-state index in [0.717, 1.165) is 13.0 Å². The highest BCUT2D eigenvalue weighted by Crippen LogP contribution is 2.08. The molecule has 0 bridgehead atoms. The van der Waals surface area contributed by atoms with Crippen LogP contribution in [-0.2, 0) is 57.2 Å². The van der Waals surface area contributed by atoms with Crippen LogP contribution in [0.5, 0.6) is 0 Å². The summed E-state index contributed by atoms with van der Waals surface area (Å²) in [5, 5.41) is 23.0. The van der Waals surface area contributed by atoms with E-state index in [-0.39, 0.29) is 36.7 Å². The van der Waals surface area contributed by atoms with Gasteiger partial charge in [0.2, 0.25) is 12.6 Å². The number of carbonyl (C=O) groups is 7. The standard InChI is InChI=1S/C14H22O8.C8H19N.C5H9BrO2.C4H6O4.C2H3N/c1-5-13(19-9(3)15)21-11(17)7-8-12(18)22-14(6-2)20-10(4)16;1-6-9(7(2)3)8(4)5;1-3-5(6)8-4(2)7;5-3(6)1-2-4(7)8;1-2-3/h13-14H,5-8H2,1-4H3;7-8H,6H2,1-5H3;5H,3H2,1-2H3;1-2H2,(H,5,6)(H,7,8);1H3. The molecule has 17 heteroatoms. The van der Waals surface area contributed by atoms with Crippen molar-refractivity contribution in [3.05, 3.63) is 0 Å². The van der Waals surface area contributed by atoms with E-state index >= 15 is 0 Å². The van der Waals surface area contributed by atoms with E-state index in [1.807, 2.05) is 6.92 Å². The van der Waals surface area contributed by atoms with Crippen molar-refractivity contribution >= 4 is 57.7 Å². The van der Waals surface area contributed by atoms with Gasteiger partial charge in [0.25, 0.3) is 0 Å². The molecule has 0 aliphatic carbocycles. The Kier molecular flexibility index (Phi) is 40.6. The molecule has 0 aliphatic rings. The minimum atomic E-state index is -1.08. The number of aliphatic carboxylic acids is 2. The summed E-state index contributed by atoms with van der Waals surface area (Å²) in [5.74, 6) is -4.90. The summed E-state index contributed by atoms with van der Waals surface area (Å²) in [6.07, 6.45) is -1.57. The van der Waals surface area contributed by atoms with Gasteiger partial charge in [-0.2, -0.15) is 5.26 Å². The van der Waals surface area contributed by atoms with Crippen LogP contribution in [-0.4, -0.2) is 93.1 Å². The molecule has 0 aromatic carbocycles. The molecule has 0 amide bonds. The Balaban J connectivity index is -0.000000198. The van der Waals surface area contributed by atoms with Crippen LogP contribution in [0.3, 0.4) is 0 Å². The predicted molar refractivity (Wildman–Crippen MR) is 186 cm³/mol. The number of carboxylic acids is 2. The molecule has 0 aromatic heterocycles. The van der Waals surface area contributed by atoms with Gasteiger partial charge in [-0.25, -0.2) is 0 Å². The van der Waals surface area contributed by atoms with Gasteiger partial charge >= 0.3 is 41.8 Å². The monoisotopic (exact) mass is 786 g/mol. The highest BCUT2D eigenvalue weighted by Gasteiger charge is 2.19. The number of carboxylic acid groups (broad SMARTS) is 2. The lowest BCUT2D eigenvalue weighted by atomic mass is 10.2. The van der Waals surface area contributed by atoms with Crippen LogP contribution in [0.1, 0.15) is 128 Å². The first-order chi connectivity index (χ1) is 23.1. The maximum Gasteiger partial charge on any atom is 0.309 e. The Morgan fingerprint density at radius 3 is 1.06 bits per heavy atom. The van der Waals surface area contributed by atoms with Crippen LogP contribution in [0.15, 0.2) is 0 Å². The fourth-order valence-corrected chi connectivity index (χ4v) is 3.43. The van der Waals surface area contributed by atoms with E-state index in [0.29, 0.717) is 24.9 Å². The Hall–Kier alpha value is -3.78. The number of rotatable bonds is 17. The van der Waals surface area contributed by atoms with Gasteiger partial charge in [-0.05, 0) is 56.6 Å². The third kappa shape index (κ3) is 46.3. The minimum absolute atomic E-state index is 0.111. The van der Waals surface area contributed by atoms with Gasteiger partial charge in [0.05, 0.1) is 31.8 Å². The third-order valence-corrected chi connectivity index (χ3v) is 6.01. The van der Waals surface area contributed by atoms with Crippen molar-refractivity contribution in [2.75, 3.05) is 6.54 Å². The summed E-state index contributed by atoms with van der Waals surface area (Å²) in [6.45, 7) is 22.9. The Morgan fingerprint density at radius 2 is 0.920 bits per heavy atom. The molecular formula is C33H59BrN2O14. The number of nitrogens with zero attached hydrogens (tertiary/aromatic N) is 2. The molecule has 0 aliphatic heterocycles. The number of carbonyl (C=O) groups excluding carboxylic acids is 5. The van der Waals surface area contributed by atoms with Crippen molar-refractivity contribution in [3.63, 3.8) is 0 Å². The molecule has 0 saturated carbocycles. The van der Waals surface area contributed by atoms with Crippen molar-refractivity contribution in [1.82, 2.24) is 4.90 Å². The van der Waals surface area contributed by atoms with E-state index < -0.39 is 48.4 Å². The highest BCUT2D eigenvalue weighted by molar-refractivity contribution is 9.09. The zero-order chi connectivity index (χ0) is 40.4. The summed E-state index contributed by atoms with van der Waals surface area (Å²) in [7, 11) is 0. The van der Waals surface area contributed by atoms with Gasteiger partial charge in [0.15, 0.2) is 5.01 Å². The molecule has 0 aromatic rings. The van der Waals surface area contributed by atoms with Crippen LogP contribution in [0.25, 0.3) is 0 Å². The molecule has 0 fully saturated rings. The van der Waals surface area contributed by atoms with Crippen LogP contribution in [0, 0.1) is 11.3 Å². The van der Waals surface area contributed by atoms with Crippen molar-refractivity contribution < 1.29 is 67.5 Å². The molecule has 0 radical (unpaired) electrons. The molecule has 0 spiro atoms. The normalized spacial score (nSPS) is 11.3. The SMILES string of the molecule is CC#N.CCC(Br)OC(C)=O.CCC(OC(C)=O)OC(=O)CCC(=O)OC(CC)OC(C)=O.CCN(C(C)C)C(C)C.O=C(O)CCC(=O)O. The van der Waals surface area contributed by atoms with Gasteiger partial charge < -0.3 is 33.9 Å². The van der Waals surface area contributed by atoms with E-state index in [4.69, 9.17) is 34.4 Å². The molecule has 0 rings (SSSR count). The minimum Gasteiger partial charge on any atom is -0.481 e. The lowest BCUT2D eigenvalue weighted by Gasteiger charge is -2.28. The number of halogens is 1. The second-order valence-electron chi connectivity index (χ2n) is 10.3. The first kappa shape index (κ1) is 55.6. The fraction of sp³-hybridized carbons (Fsp3) is 0.758. The average Bonchev–Trinajstić information content (AvgIpc) is 2.98. The number of ether oxygens (including phenoxy) is 5. The van der Waals surface area contributed by atoms with Crippen LogP contribution in [0.2, 0.25) is 0 Å². The Bertz CT molecular complexity index is 955. The molecule has 3 atom stereocenters. The van der Waals surface area contributed by atoms with E-state index in [9.17, 15) is 33.6 Å². The zero-order valence-corrected chi connectivity index (χ0v) is 33.2. The van der Waals surface area contributed by atoms with Crippen molar-refractivity contribution in [3.8, 4) is 6.07 Å². The average molecular weight is 788 g/mol. The molecular weight excluding hydrogens is 728 g/mol. The summed E-state index contributed by atoms with van der Waals surface area (Å²) >= 11 is 3.13. The van der Waals surface area contributed by atoms with Crippen LogP contribution >= 0.6 is 15.9 Å². The topological polar surface area (TPSA) is 233 Å². The Morgan fingerprint density at radius 1 is 0.620 bits per heavy atom. The highest BCUT2D eigenvalue weighted by atomic mass is 79.9. The smallest absolute Gasteiger partial charge is 0.309 e. The van der Waals surface area contributed by atoms with Crippen LogP contribution in [0.4, 0.5) is 0 Å². The first-order valence-corrected chi connectivity index (χ1v) is 17.0. The van der Waals surface area contributed by atoms with Gasteiger partial charge in [-0.3, -0.25) is 38.5 Å². The third-order valence-electron chi connectivity index (χ3n) is 5.18. The summed E-state index contributed by atoms with van der Waals surface area (Å²) < 4.78 is 23.9. The number of esters is 5. The number of alkyl halides is 1. The second-order valence-corrected chi connectivity index (χ2v) is 11.4. The first-order valence-electron chi connectivity index (χ1n) is 16.1. The van der Waals surface area contributed by atoms with E-state index in [2.05, 4.69) is 60.2 Å². The lowest BCUT2D eigenvalue weighted by molar-refractivity contribution is -0.192. The summed E-state index contributed by atoms with van der Waals surface area (Å²) in [6, 6.07) is 3.13. The molecule has 3 unspecified atom stereocenters.